The van der Waals surface area contributed by atoms with Crippen molar-refractivity contribution < 1.29 is 8.81 Å². The minimum Gasteiger partial charge on any atom is -0.454 e. The molecule has 0 amide bonds. The van der Waals surface area contributed by atoms with Gasteiger partial charge in [-0.3, -0.25) is 0 Å². The van der Waals surface area contributed by atoms with Gasteiger partial charge in [-0.1, -0.05) is 194 Å². The highest BCUT2D eigenvalue weighted by molar-refractivity contribution is 7.99. The van der Waals surface area contributed by atoms with Gasteiger partial charge in [-0.25, -0.2) is 4.39 Å². The fourth-order valence-corrected chi connectivity index (χ4v) is 12.1. The highest BCUT2D eigenvalue weighted by Gasteiger charge is 2.28. The number of halogens is 1. The topological polar surface area (TPSA) is 19.6 Å². The first-order valence-electron chi connectivity index (χ1n) is 24.6. The van der Waals surface area contributed by atoms with Crippen molar-refractivity contribution in [3.8, 4) is 44.5 Å². The number of nitrogens with zero attached hydrogens (tertiary/aromatic N) is 2. The lowest BCUT2D eigenvalue weighted by Crippen LogP contribution is -2.13. The molecule has 0 saturated heterocycles. The summed E-state index contributed by atoms with van der Waals surface area (Å²) in [5.41, 5.74) is 15.1. The maximum Gasteiger partial charge on any atom is 0.159 e. The van der Waals surface area contributed by atoms with E-state index in [2.05, 4.69) is 186 Å². The van der Waals surface area contributed by atoms with E-state index in [-0.39, 0.29) is 5.82 Å². The lowest BCUT2D eigenvalue weighted by atomic mass is 9.92. The molecule has 12 aromatic carbocycles. The van der Waals surface area contributed by atoms with Crippen LogP contribution in [0.25, 0.3) is 88.0 Å². The van der Waals surface area contributed by atoms with Crippen LogP contribution in [-0.2, 0) is 0 Å². The Kier molecular flexibility index (Phi) is 10.3. The molecule has 0 atom stereocenters. The molecule has 13 aromatic rings. The lowest BCUT2D eigenvalue weighted by molar-refractivity contribution is 0.630. The second-order valence-electron chi connectivity index (χ2n) is 18.5. The molecule has 73 heavy (non-hydrogen) atoms. The number of hydrogen-bond acceptors (Lipinski definition) is 4. The van der Waals surface area contributed by atoms with E-state index in [4.69, 9.17) is 4.42 Å². The Bertz CT molecular complexity index is 4250. The average molecular weight is 955 g/mol. The summed E-state index contributed by atoms with van der Waals surface area (Å²) in [6, 6.07) is 90.6. The number of anilines is 6. The van der Waals surface area contributed by atoms with Gasteiger partial charge in [0, 0.05) is 54.1 Å². The van der Waals surface area contributed by atoms with Gasteiger partial charge in [0.05, 0.1) is 17.1 Å². The summed E-state index contributed by atoms with van der Waals surface area (Å²) >= 11 is 1.81. The molecule has 0 spiro atoms. The number of benzene rings is 12. The third kappa shape index (κ3) is 7.27. The molecule has 0 fully saturated rings. The quantitative estimate of drug-likeness (QED) is 0.134. The second-order valence-corrected chi connectivity index (χ2v) is 19.6. The third-order valence-electron chi connectivity index (χ3n) is 14.3. The molecule has 14 rings (SSSR count). The van der Waals surface area contributed by atoms with E-state index < -0.39 is 0 Å². The number of furan rings is 1. The zero-order chi connectivity index (χ0) is 48.4. The Labute approximate surface area is 426 Å². The summed E-state index contributed by atoms with van der Waals surface area (Å²) in [4.78, 5) is 6.81. The molecule has 3 nitrogen and oxygen atoms in total. The molecule has 0 saturated carbocycles. The Morgan fingerprint density at radius 3 is 1.75 bits per heavy atom. The zero-order valence-corrected chi connectivity index (χ0v) is 40.2. The monoisotopic (exact) mass is 954 g/mol. The van der Waals surface area contributed by atoms with Crippen LogP contribution in [0.1, 0.15) is 0 Å². The van der Waals surface area contributed by atoms with Gasteiger partial charge in [-0.15, -0.1) is 0 Å². The van der Waals surface area contributed by atoms with Gasteiger partial charge in [-0.2, -0.15) is 0 Å². The van der Waals surface area contributed by atoms with Crippen molar-refractivity contribution in [2.45, 2.75) is 9.79 Å². The van der Waals surface area contributed by atoms with Gasteiger partial charge in [0.15, 0.2) is 5.58 Å². The smallest absolute Gasteiger partial charge is 0.159 e. The van der Waals surface area contributed by atoms with Crippen molar-refractivity contribution in [2.75, 3.05) is 9.80 Å². The Morgan fingerprint density at radius 2 is 0.959 bits per heavy atom. The Hall–Kier alpha value is -9.16. The van der Waals surface area contributed by atoms with Crippen LogP contribution in [-0.4, -0.2) is 0 Å². The van der Waals surface area contributed by atoms with E-state index in [9.17, 15) is 0 Å². The van der Waals surface area contributed by atoms with Crippen LogP contribution in [0.15, 0.2) is 275 Å². The van der Waals surface area contributed by atoms with Crippen LogP contribution < -0.4 is 9.80 Å². The van der Waals surface area contributed by atoms with E-state index in [1.54, 1.807) is 6.07 Å². The maximum atomic E-state index is 17.4. The Balaban J connectivity index is 0.932. The molecular weight excluding hydrogens is 912 g/mol. The SMILES string of the molecule is Fc1cc(-c2ccccc2)cc(-c2ccccc2)c1N(c1ccccc1)c1ccc2cc3c4c(cccc4c2c1)Sc1cc(N(c2ccccc2-c2ccccc2)c2cccc4c2oc2ccccc24)ccc1-3. The van der Waals surface area contributed by atoms with Gasteiger partial charge < -0.3 is 14.2 Å². The fourth-order valence-electron chi connectivity index (χ4n) is 11.0. The third-order valence-corrected chi connectivity index (χ3v) is 15.4. The van der Waals surface area contributed by atoms with Crippen molar-refractivity contribution in [1.82, 2.24) is 0 Å². The molecule has 0 radical (unpaired) electrons. The first-order valence-corrected chi connectivity index (χ1v) is 25.4. The largest absolute Gasteiger partial charge is 0.454 e. The fraction of sp³-hybridized carbons (Fsp3) is 0. The first kappa shape index (κ1) is 42.7. The highest BCUT2D eigenvalue weighted by Crippen LogP contribution is 2.54. The highest BCUT2D eigenvalue weighted by atomic mass is 32.2. The number of hydrogen-bond donors (Lipinski definition) is 0. The molecule has 0 N–H and O–H groups in total. The summed E-state index contributed by atoms with van der Waals surface area (Å²) in [6.45, 7) is 0. The molecule has 0 unspecified atom stereocenters. The van der Waals surface area contributed by atoms with Gasteiger partial charge in [-0.05, 0) is 128 Å². The number of para-hydroxylation sites is 4. The molecule has 1 aliphatic heterocycles. The second kappa shape index (κ2) is 17.6. The normalized spacial score (nSPS) is 11.8. The van der Waals surface area contributed by atoms with Crippen LogP contribution >= 0.6 is 11.8 Å². The minimum absolute atomic E-state index is 0.301. The van der Waals surface area contributed by atoms with Crippen LogP contribution in [0, 0.1) is 5.82 Å². The Morgan fingerprint density at radius 1 is 0.342 bits per heavy atom. The molecule has 5 heteroatoms. The predicted octanol–water partition coefficient (Wildman–Crippen LogP) is 20.1. The molecule has 2 heterocycles. The predicted molar refractivity (Wildman–Crippen MR) is 304 cm³/mol. The number of rotatable bonds is 9. The molecule has 1 aliphatic rings. The zero-order valence-electron chi connectivity index (χ0n) is 39.4. The van der Waals surface area contributed by atoms with Crippen molar-refractivity contribution in [1.29, 1.82) is 0 Å². The molecule has 1 aromatic heterocycles. The van der Waals surface area contributed by atoms with Crippen LogP contribution in [0.3, 0.4) is 0 Å². The maximum absolute atomic E-state index is 17.4. The van der Waals surface area contributed by atoms with E-state index in [1.807, 2.05) is 90.6 Å². The van der Waals surface area contributed by atoms with Crippen molar-refractivity contribution in [2.24, 2.45) is 0 Å². The van der Waals surface area contributed by atoms with Crippen LogP contribution in [0.5, 0.6) is 0 Å². The first-order chi connectivity index (χ1) is 36.1. The van der Waals surface area contributed by atoms with Crippen molar-refractivity contribution in [3.05, 3.63) is 267 Å². The van der Waals surface area contributed by atoms with E-state index >= 15 is 4.39 Å². The summed E-state index contributed by atoms with van der Waals surface area (Å²) in [6.07, 6.45) is 0. The molecule has 344 valence electrons. The standard InChI is InChI=1S/C68H43FN2OS/c69-60-41-48(44-19-5-1-6-20-44)40-58(46-23-9-3-10-24-46)67(60)70(49-25-11-4-12-26-49)50-36-35-47-39-59-54-38-37-51(43-65(54)73-64-34-18-29-55(66(59)64)57(47)42-50)71(61-31-15-13-27-52(61)45-21-7-2-8-22-45)62-32-17-30-56-53-28-14-16-33-63(53)72-68(56)62/h1-43H. The van der Waals surface area contributed by atoms with Gasteiger partial charge in [0.2, 0.25) is 0 Å². The minimum atomic E-state index is -0.301. The van der Waals surface area contributed by atoms with Crippen LogP contribution in [0.4, 0.5) is 38.5 Å². The van der Waals surface area contributed by atoms with E-state index in [1.165, 1.54) is 26.3 Å². The van der Waals surface area contributed by atoms with Crippen molar-refractivity contribution >= 4 is 89.4 Å². The van der Waals surface area contributed by atoms with Gasteiger partial charge >= 0.3 is 0 Å². The average Bonchev–Trinajstić information content (AvgIpc) is 3.84. The van der Waals surface area contributed by atoms with E-state index in [0.29, 0.717) is 5.69 Å². The van der Waals surface area contributed by atoms with Crippen molar-refractivity contribution in [3.63, 3.8) is 0 Å². The summed E-state index contributed by atoms with van der Waals surface area (Å²) < 4.78 is 24.1. The molecule has 0 aliphatic carbocycles. The van der Waals surface area contributed by atoms with Crippen LogP contribution in [0.2, 0.25) is 0 Å². The van der Waals surface area contributed by atoms with Gasteiger partial charge in [0.25, 0.3) is 0 Å². The number of fused-ring (bicyclic) bond motifs is 7. The summed E-state index contributed by atoms with van der Waals surface area (Å²) in [5.74, 6) is -0.301. The molecule has 0 bridgehead atoms. The lowest BCUT2D eigenvalue weighted by Gasteiger charge is -2.30. The van der Waals surface area contributed by atoms with Gasteiger partial charge in [0.1, 0.15) is 11.4 Å². The summed E-state index contributed by atoms with van der Waals surface area (Å²) in [7, 11) is 0. The summed E-state index contributed by atoms with van der Waals surface area (Å²) in [5, 5.41) is 6.75. The molecular formula is C68H43FN2OS. The van der Waals surface area contributed by atoms with E-state index in [0.717, 1.165) is 99.9 Å².